The highest BCUT2D eigenvalue weighted by molar-refractivity contribution is 6.37. The van der Waals surface area contributed by atoms with Crippen LogP contribution >= 0.6 is 23.2 Å². The third kappa shape index (κ3) is 2.86. The van der Waals surface area contributed by atoms with Crippen LogP contribution in [0.5, 0.6) is 0 Å². The van der Waals surface area contributed by atoms with Crippen molar-refractivity contribution in [3.8, 4) is 0 Å². The number of aromatic nitrogens is 3. The normalized spacial score (nSPS) is 10.6. The van der Waals surface area contributed by atoms with Gasteiger partial charge in [-0.3, -0.25) is 0 Å². The van der Waals surface area contributed by atoms with E-state index in [-0.39, 0.29) is 5.82 Å². The summed E-state index contributed by atoms with van der Waals surface area (Å²) in [6.45, 7) is 0.665. The maximum Gasteiger partial charge on any atom is 0.147 e. The van der Waals surface area contributed by atoms with Gasteiger partial charge in [-0.1, -0.05) is 23.2 Å². The lowest BCUT2D eigenvalue weighted by Crippen LogP contribution is -2.10. The van der Waals surface area contributed by atoms with Crippen molar-refractivity contribution < 1.29 is 0 Å². The van der Waals surface area contributed by atoms with Gasteiger partial charge < -0.3 is 15.6 Å². The van der Waals surface area contributed by atoms with Crippen LogP contribution in [0.4, 0.5) is 11.6 Å². The van der Waals surface area contributed by atoms with Gasteiger partial charge in [0.1, 0.15) is 17.5 Å². The van der Waals surface area contributed by atoms with Gasteiger partial charge in [0.15, 0.2) is 0 Å². The summed E-state index contributed by atoms with van der Waals surface area (Å²) in [6, 6.07) is 1.58. The number of nitrogens with zero attached hydrogens (tertiary/aromatic N) is 3. The number of rotatable bonds is 4. The molecular weight excluding hydrogens is 273 g/mol. The van der Waals surface area contributed by atoms with Crippen LogP contribution in [0, 0.1) is 0 Å². The maximum absolute atomic E-state index is 6.01. The molecule has 3 N–H and O–H groups in total. The summed E-state index contributed by atoms with van der Waals surface area (Å²) in [4.78, 5) is 8.31. The van der Waals surface area contributed by atoms with E-state index >= 15 is 0 Å². The second-order valence-electron chi connectivity index (χ2n) is 3.82. The highest BCUT2D eigenvalue weighted by Crippen LogP contribution is 2.27. The molecule has 0 fully saturated rings. The molecule has 18 heavy (non-hydrogen) atoms. The molecule has 0 radical (unpaired) electrons. The lowest BCUT2D eigenvalue weighted by Gasteiger charge is -2.09. The van der Waals surface area contributed by atoms with Crippen LogP contribution in [0.1, 0.15) is 5.82 Å². The quantitative estimate of drug-likeness (QED) is 0.905. The Morgan fingerprint density at radius 3 is 2.83 bits per heavy atom. The van der Waals surface area contributed by atoms with Crippen molar-refractivity contribution in [3.05, 3.63) is 34.3 Å². The second-order valence-corrected chi connectivity index (χ2v) is 4.63. The van der Waals surface area contributed by atoms with Crippen molar-refractivity contribution in [1.82, 2.24) is 14.5 Å². The average molecular weight is 286 g/mol. The fraction of sp³-hybridized carbons (Fsp3) is 0.273. The van der Waals surface area contributed by atoms with Crippen molar-refractivity contribution >= 4 is 34.8 Å². The van der Waals surface area contributed by atoms with Gasteiger partial charge in [0, 0.05) is 32.4 Å². The zero-order valence-corrected chi connectivity index (χ0v) is 11.3. The number of pyridine rings is 1. The summed E-state index contributed by atoms with van der Waals surface area (Å²) >= 11 is 11.8. The SMILES string of the molecule is Cn1ccnc1CCNc1nc(N)c(Cl)cc1Cl. The number of nitrogen functional groups attached to an aromatic ring is 1. The Labute approximate surface area is 115 Å². The van der Waals surface area contributed by atoms with E-state index in [1.165, 1.54) is 0 Å². The smallest absolute Gasteiger partial charge is 0.147 e. The standard InChI is InChI=1S/C11H13Cl2N5/c1-18-5-4-15-9(18)2-3-16-11-8(13)6-7(12)10(14)17-11/h4-6H,2-3H2,1H3,(H3,14,16,17). The fourth-order valence-corrected chi connectivity index (χ4v) is 1.96. The zero-order valence-electron chi connectivity index (χ0n) is 9.82. The number of nitrogens with two attached hydrogens (primary N) is 1. The number of halogens is 2. The Kier molecular flexibility index (Phi) is 3.93. The first kappa shape index (κ1) is 13.0. The van der Waals surface area contributed by atoms with Crippen LogP contribution in [0.3, 0.4) is 0 Å². The predicted molar refractivity (Wildman–Crippen MR) is 74.1 cm³/mol. The summed E-state index contributed by atoms with van der Waals surface area (Å²) in [7, 11) is 1.95. The van der Waals surface area contributed by atoms with Gasteiger partial charge >= 0.3 is 0 Å². The molecule has 96 valence electrons. The minimum absolute atomic E-state index is 0.264. The molecule has 0 aromatic carbocycles. The molecule has 2 aromatic heterocycles. The molecule has 0 atom stereocenters. The van der Waals surface area contributed by atoms with Crippen LogP contribution in [-0.4, -0.2) is 21.1 Å². The molecule has 0 aliphatic heterocycles. The fourth-order valence-electron chi connectivity index (χ4n) is 1.53. The van der Waals surface area contributed by atoms with E-state index in [2.05, 4.69) is 15.3 Å². The summed E-state index contributed by atoms with van der Waals surface area (Å²) in [5.41, 5.74) is 5.62. The third-order valence-electron chi connectivity index (χ3n) is 2.52. The van der Waals surface area contributed by atoms with Gasteiger partial charge in [0.25, 0.3) is 0 Å². The molecule has 0 aliphatic rings. The van der Waals surface area contributed by atoms with E-state index in [0.717, 1.165) is 12.2 Å². The van der Waals surface area contributed by atoms with Crippen LogP contribution in [-0.2, 0) is 13.5 Å². The lowest BCUT2D eigenvalue weighted by molar-refractivity contribution is 0.788. The third-order valence-corrected chi connectivity index (χ3v) is 3.11. The minimum Gasteiger partial charge on any atom is -0.382 e. The monoisotopic (exact) mass is 285 g/mol. The molecule has 0 bridgehead atoms. The molecule has 7 heteroatoms. The predicted octanol–water partition coefficient (Wildman–Crippen LogP) is 2.36. The van der Waals surface area contributed by atoms with E-state index in [4.69, 9.17) is 28.9 Å². The molecule has 5 nitrogen and oxygen atoms in total. The number of hydrogen-bond acceptors (Lipinski definition) is 4. The summed E-state index contributed by atoms with van der Waals surface area (Å²) in [6.07, 6.45) is 4.44. The Morgan fingerprint density at radius 2 is 2.17 bits per heavy atom. The van der Waals surface area contributed by atoms with Crippen molar-refractivity contribution in [3.63, 3.8) is 0 Å². The van der Waals surface area contributed by atoms with E-state index in [1.807, 2.05) is 17.8 Å². The topological polar surface area (TPSA) is 68.8 Å². The molecule has 2 rings (SSSR count). The molecule has 0 aliphatic carbocycles. The van der Waals surface area contributed by atoms with E-state index in [9.17, 15) is 0 Å². The number of imidazole rings is 1. The van der Waals surface area contributed by atoms with Crippen molar-refractivity contribution in [2.24, 2.45) is 7.05 Å². The molecule has 0 saturated carbocycles. The van der Waals surface area contributed by atoms with Crippen molar-refractivity contribution in [2.45, 2.75) is 6.42 Å². The Bertz CT molecular complexity index is 552. The molecule has 0 saturated heterocycles. The molecule has 0 spiro atoms. The van der Waals surface area contributed by atoms with Crippen LogP contribution in [0.15, 0.2) is 18.5 Å². The molecule has 0 amide bonds. The first-order valence-corrected chi connectivity index (χ1v) is 6.15. The molecule has 2 heterocycles. The minimum atomic E-state index is 0.264. The second kappa shape index (κ2) is 5.46. The number of anilines is 2. The van der Waals surface area contributed by atoms with Gasteiger partial charge in [-0.15, -0.1) is 0 Å². The van der Waals surface area contributed by atoms with Crippen molar-refractivity contribution in [1.29, 1.82) is 0 Å². The highest BCUT2D eigenvalue weighted by Gasteiger charge is 2.07. The Balaban J connectivity index is 1.99. The van der Waals surface area contributed by atoms with Crippen LogP contribution in [0.25, 0.3) is 0 Å². The summed E-state index contributed by atoms with van der Waals surface area (Å²) in [5.74, 6) is 1.79. The molecular formula is C11H13Cl2N5. The number of hydrogen-bond donors (Lipinski definition) is 2. The van der Waals surface area contributed by atoms with E-state index < -0.39 is 0 Å². The van der Waals surface area contributed by atoms with Gasteiger partial charge in [0.2, 0.25) is 0 Å². The Morgan fingerprint density at radius 1 is 1.39 bits per heavy atom. The van der Waals surface area contributed by atoms with Crippen molar-refractivity contribution in [2.75, 3.05) is 17.6 Å². The molecule has 0 unspecified atom stereocenters. The van der Waals surface area contributed by atoms with Crippen LogP contribution in [0.2, 0.25) is 10.0 Å². The van der Waals surface area contributed by atoms with Gasteiger partial charge in [-0.2, -0.15) is 0 Å². The van der Waals surface area contributed by atoms with Crippen LogP contribution < -0.4 is 11.1 Å². The largest absolute Gasteiger partial charge is 0.382 e. The summed E-state index contributed by atoms with van der Waals surface area (Å²) in [5, 5.41) is 3.92. The maximum atomic E-state index is 6.01. The van der Waals surface area contributed by atoms with E-state index in [0.29, 0.717) is 22.4 Å². The summed E-state index contributed by atoms with van der Waals surface area (Å²) < 4.78 is 1.97. The van der Waals surface area contributed by atoms with Gasteiger partial charge in [-0.05, 0) is 6.07 Å². The zero-order chi connectivity index (χ0) is 13.1. The highest BCUT2D eigenvalue weighted by atomic mass is 35.5. The average Bonchev–Trinajstić information content (AvgIpc) is 2.72. The van der Waals surface area contributed by atoms with Gasteiger partial charge in [-0.25, -0.2) is 9.97 Å². The Hall–Kier alpha value is -1.46. The first-order chi connectivity index (χ1) is 8.58. The number of aryl methyl sites for hydroxylation is 1. The molecule has 2 aromatic rings. The lowest BCUT2D eigenvalue weighted by atomic mass is 10.3. The van der Waals surface area contributed by atoms with E-state index in [1.54, 1.807) is 12.3 Å². The van der Waals surface area contributed by atoms with Gasteiger partial charge in [0.05, 0.1) is 10.0 Å². The first-order valence-electron chi connectivity index (χ1n) is 5.39. The number of nitrogens with one attached hydrogen (secondary N) is 1.